The Labute approximate surface area is 95.2 Å². The van der Waals surface area contributed by atoms with Crippen LogP contribution in [0.15, 0.2) is 40.4 Å². The van der Waals surface area contributed by atoms with Gasteiger partial charge in [0.1, 0.15) is 5.82 Å². The highest BCUT2D eigenvalue weighted by molar-refractivity contribution is 5.79. The van der Waals surface area contributed by atoms with E-state index in [0.717, 1.165) is 0 Å². The van der Waals surface area contributed by atoms with Gasteiger partial charge in [-0.2, -0.15) is 15.2 Å². The van der Waals surface area contributed by atoms with Gasteiger partial charge >= 0.3 is 5.69 Å². The van der Waals surface area contributed by atoms with E-state index >= 15 is 0 Å². The minimum atomic E-state index is -0.573. The molecule has 1 aromatic carbocycles. The van der Waals surface area contributed by atoms with Crippen molar-refractivity contribution in [3.8, 4) is 0 Å². The molecule has 2 aromatic rings. The summed E-state index contributed by atoms with van der Waals surface area (Å²) in [6, 6.07) is 5.93. The number of nitrogens with one attached hydrogen (secondary N) is 2. The van der Waals surface area contributed by atoms with Crippen molar-refractivity contribution < 1.29 is 4.39 Å². The van der Waals surface area contributed by atoms with Gasteiger partial charge in [0.05, 0.1) is 12.4 Å². The van der Waals surface area contributed by atoms with E-state index in [1.54, 1.807) is 12.1 Å². The Kier molecular flexibility index (Phi) is 3.20. The van der Waals surface area contributed by atoms with Crippen molar-refractivity contribution in [3.05, 3.63) is 52.3 Å². The quantitative estimate of drug-likeness (QED) is 0.605. The van der Waals surface area contributed by atoms with Gasteiger partial charge in [-0.1, -0.05) is 12.1 Å². The lowest BCUT2D eigenvalue weighted by Crippen LogP contribution is -2.13. The molecule has 1 heterocycles. The predicted molar refractivity (Wildman–Crippen MR) is 60.3 cm³/mol. The van der Waals surface area contributed by atoms with Crippen LogP contribution in [-0.4, -0.2) is 21.4 Å². The minimum Gasteiger partial charge on any atom is -0.260 e. The van der Waals surface area contributed by atoms with Gasteiger partial charge in [-0.25, -0.2) is 14.3 Å². The molecule has 7 heteroatoms. The first-order chi connectivity index (χ1) is 8.24. The fourth-order valence-corrected chi connectivity index (χ4v) is 1.13. The van der Waals surface area contributed by atoms with Crippen LogP contribution < -0.4 is 11.1 Å². The standard InChI is InChI=1S/C10H8FN5O/c11-8-3-1-2-7(4-8)5-12-15-9-6-13-16-10(17)14-9/h1-6H,(H2,14,15,16,17)/b12-5+. The maximum Gasteiger partial charge on any atom is 0.363 e. The number of nitrogens with zero attached hydrogens (tertiary/aromatic N) is 3. The molecule has 0 amide bonds. The van der Waals surface area contributed by atoms with Crippen molar-refractivity contribution in [1.82, 2.24) is 15.2 Å². The van der Waals surface area contributed by atoms with Crippen molar-refractivity contribution >= 4 is 12.0 Å². The third-order valence-corrected chi connectivity index (χ3v) is 1.81. The van der Waals surface area contributed by atoms with E-state index < -0.39 is 5.69 Å². The second-order valence-corrected chi connectivity index (χ2v) is 3.10. The Balaban J connectivity index is 2.05. The third-order valence-electron chi connectivity index (χ3n) is 1.81. The Morgan fingerprint density at radius 2 is 2.35 bits per heavy atom. The molecule has 0 atom stereocenters. The van der Waals surface area contributed by atoms with Gasteiger partial charge in [-0.3, -0.25) is 5.43 Å². The van der Waals surface area contributed by atoms with Gasteiger partial charge in [-0.05, 0) is 17.7 Å². The van der Waals surface area contributed by atoms with E-state index in [0.29, 0.717) is 5.56 Å². The Bertz CT molecular complexity index is 595. The molecule has 2 rings (SSSR count). The summed E-state index contributed by atoms with van der Waals surface area (Å²) >= 11 is 0. The maximum atomic E-state index is 12.8. The number of H-pyrrole nitrogens is 1. The smallest absolute Gasteiger partial charge is 0.260 e. The Hall–Kier alpha value is -2.57. The number of aromatic amines is 1. The van der Waals surface area contributed by atoms with Crippen LogP contribution in [0.4, 0.5) is 10.2 Å². The molecule has 2 N–H and O–H groups in total. The molecule has 0 aliphatic carbocycles. The highest BCUT2D eigenvalue weighted by atomic mass is 19.1. The SMILES string of the molecule is O=c1nc(N/N=C/c2cccc(F)c2)cn[nH]1. The van der Waals surface area contributed by atoms with Crippen molar-refractivity contribution in [3.63, 3.8) is 0 Å². The molecule has 0 saturated carbocycles. The molecule has 86 valence electrons. The number of hydrazone groups is 1. The molecule has 0 spiro atoms. The van der Waals surface area contributed by atoms with Crippen molar-refractivity contribution in [2.45, 2.75) is 0 Å². The largest absolute Gasteiger partial charge is 0.363 e. The summed E-state index contributed by atoms with van der Waals surface area (Å²) in [6.07, 6.45) is 2.72. The van der Waals surface area contributed by atoms with Crippen LogP contribution in [0.3, 0.4) is 0 Å². The molecule has 0 unspecified atom stereocenters. The Morgan fingerprint density at radius 1 is 1.47 bits per heavy atom. The second-order valence-electron chi connectivity index (χ2n) is 3.10. The van der Waals surface area contributed by atoms with Crippen LogP contribution in [0.5, 0.6) is 0 Å². The van der Waals surface area contributed by atoms with Crippen LogP contribution in [0.2, 0.25) is 0 Å². The molecule has 6 nitrogen and oxygen atoms in total. The fourth-order valence-electron chi connectivity index (χ4n) is 1.13. The summed E-state index contributed by atoms with van der Waals surface area (Å²) in [5, 5.41) is 9.45. The molecule has 0 aliphatic heterocycles. The van der Waals surface area contributed by atoms with Crippen LogP contribution in [0.25, 0.3) is 0 Å². The molecule has 0 fully saturated rings. The van der Waals surface area contributed by atoms with Crippen molar-refractivity contribution in [2.75, 3.05) is 5.43 Å². The van der Waals surface area contributed by atoms with Crippen LogP contribution in [0, 0.1) is 5.82 Å². The van der Waals surface area contributed by atoms with Gasteiger partial charge in [0.2, 0.25) is 0 Å². The van der Waals surface area contributed by atoms with E-state index in [4.69, 9.17) is 0 Å². The molecule has 17 heavy (non-hydrogen) atoms. The number of benzene rings is 1. The average molecular weight is 233 g/mol. The molecular formula is C10H8FN5O. The topological polar surface area (TPSA) is 83.0 Å². The van der Waals surface area contributed by atoms with Gasteiger partial charge in [0.15, 0.2) is 5.82 Å². The molecule has 0 saturated heterocycles. The lowest BCUT2D eigenvalue weighted by Gasteiger charge is -1.96. The molecular weight excluding hydrogens is 225 g/mol. The monoisotopic (exact) mass is 233 g/mol. The lowest BCUT2D eigenvalue weighted by atomic mass is 10.2. The molecule has 0 aliphatic rings. The van der Waals surface area contributed by atoms with Crippen molar-refractivity contribution in [2.24, 2.45) is 5.10 Å². The molecule has 1 aromatic heterocycles. The zero-order valence-corrected chi connectivity index (χ0v) is 8.59. The lowest BCUT2D eigenvalue weighted by molar-refractivity contribution is 0.627. The van der Waals surface area contributed by atoms with Gasteiger partial charge < -0.3 is 0 Å². The first-order valence-electron chi connectivity index (χ1n) is 4.70. The van der Waals surface area contributed by atoms with Gasteiger partial charge in [0, 0.05) is 0 Å². The summed E-state index contributed by atoms with van der Waals surface area (Å²) in [7, 11) is 0. The van der Waals surface area contributed by atoms with Crippen molar-refractivity contribution in [1.29, 1.82) is 0 Å². The Morgan fingerprint density at radius 3 is 3.12 bits per heavy atom. The van der Waals surface area contributed by atoms with E-state index in [9.17, 15) is 9.18 Å². The van der Waals surface area contributed by atoms with Crippen LogP contribution in [-0.2, 0) is 0 Å². The minimum absolute atomic E-state index is 0.210. The highest BCUT2D eigenvalue weighted by Crippen LogP contribution is 2.01. The number of aromatic nitrogens is 3. The second kappa shape index (κ2) is 4.97. The van der Waals surface area contributed by atoms with E-state index in [1.807, 2.05) is 0 Å². The first kappa shape index (κ1) is 10.9. The molecule has 0 bridgehead atoms. The summed E-state index contributed by atoms with van der Waals surface area (Å²) in [4.78, 5) is 14.3. The van der Waals surface area contributed by atoms with E-state index in [1.165, 1.54) is 24.5 Å². The summed E-state index contributed by atoms with van der Waals surface area (Å²) < 4.78 is 12.8. The fraction of sp³-hybridized carbons (Fsp3) is 0. The highest BCUT2D eigenvalue weighted by Gasteiger charge is 1.93. The number of rotatable bonds is 3. The summed E-state index contributed by atoms with van der Waals surface area (Å²) in [6.45, 7) is 0. The zero-order valence-electron chi connectivity index (χ0n) is 8.59. The average Bonchev–Trinajstić information content (AvgIpc) is 2.29. The zero-order chi connectivity index (χ0) is 12.1. The number of halogens is 1. The molecule has 0 radical (unpaired) electrons. The first-order valence-corrected chi connectivity index (χ1v) is 4.70. The summed E-state index contributed by atoms with van der Waals surface area (Å²) in [5.41, 5.74) is 2.53. The van der Waals surface area contributed by atoms with Gasteiger partial charge in [0.25, 0.3) is 0 Å². The number of anilines is 1. The van der Waals surface area contributed by atoms with Gasteiger partial charge in [-0.15, -0.1) is 0 Å². The van der Waals surface area contributed by atoms with Crippen LogP contribution >= 0.6 is 0 Å². The number of hydrogen-bond acceptors (Lipinski definition) is 5. The number of hydrogen-bond donors (Lipinski definition) is 2. The van der Waals surface area contributed by atoms with Crippen LogP contribution in [0.1, 0.15) is 5.56 Å². The third kappa shape index (κ3) is 3.20. The predicted octanol–water partition coefficient (Wildman–Crippen LogP) is 0.750. The normalized spacial score (nSPS) is 10.6. The summed E-state index contributed by atoms with van der Waals surface area (Å²) in [5.74, 6) is -0.133. The van der Waals surface area contributed by atoms with E-state index in [2.05, 4.69) is 25.7 Å². The van der Waals surface area contributed by atoms with E-state index in [-0.39, 0.29) is 11.6 Å². The maximum absolute atomic E-state index is 12.8.